The van der Waals surface area contributed by atoms with Crippen LogP contribution in [0.25, 0.3) is 0 Å². The zero-order valence-electron chi connectivity index (χ0n) is 8.89. The number of aromatic nitrogens is 1. The molecule has 16 heavy (non-hydrogen) atoms. The molecule has 0 amide bonds. The molecular weight excluding hydrogens is 214 g/mol. The maximum absolute atomic E-state index is 11.4. The summed E-state index contributed by atoms with van der Waals surface area (Å²) in [4.78, 5) is 32.9. The van der Waals surface area contributed by atoms with Crippen LogP contribution in [0.4, 0.5) is 0 Å². The van der Waals surface area contributed by atoms with Crippen LogP contribution in [0.5, 0.6) is 0 Å². The molecule has 1 rings (SSSR count). The van der Waals surface area contributed by atoms with Crippen LogP contribution in [0.15, 0.2) is 6.07 Å². The Morgan fingerprint density at radius 3 is 2.56 bits per heavy atom. The minimum absolute atomic E-state index is 0.0429. The van der Waals surface area contributed by atoms with Crippen molar-refractivity contribution in [3.63, 3.8) is 0 Å². The van der Waals surface area contributed by atoms with Crippen LogP contribution < -0.4 is 0 Å². The second-order valence-electron chi connectivity index (χ2n) is 3.03. The van der Waals surface area contributed by atoms with Crippen molar-refractivity contribution in [2.24, 2.45) is 7.05 Å². The quantitative estimate of drug-likeness (QED) is 0.602. The smallest absolute Gasteiger partial charge is 0.354 e. The van der Waals surface area contributed by atoms with Crippen LogP contribution >= 0.6 is 0 Å². The van der Waals surface area contributed by atoms with Gasteiger partial charge >= 0.3 is 11.9 Å². The molecule has 0 atom stereocenters. The summed E-state index contributed by atoms with van der Waals surface area (Å²) in [5.41, 5.74) is -0.225. The highest BCUT2D eigenvalue weighted by molar-refractivity contribution is 6.00. The van der Waals surface area contributed by atoms with Crippen LogP contribution in [-0.2, 0) is 11.8 Å². The van der Waals surface area contributed by atoms with Crippen molar-refractivity contribution in [2.45, 2.75) is 6.92 Å². The maximum atomic E-state index is 11.4. The van der Waals surface area contributed by atoms with E-state index < -0.39 is 11.9 Å². The molecular formula is C10H11NO5. The van der Waals surface area contributed by atoms with Crippen LogP contribution in [-0.4, -0.2) is 34.5 Å². The normalized spacial score (nSPS) is 9.88. The van der Waals surface area contributed by atoms with Gasteiger partial charge in [-0.25, -0.2) is 9.59 Å². The number of carbonyl (C=O) groups is 3. The minimum Gasteiger partial charge on any atom is -0.478 e. The zero-order valence-corrected chi connectivity index (χ0v) is 8.89. The molecule has 0 saturated heterocycles. The first-order valence-electron chi connectivity index (χ1n) is 4.58. The van der Waals surface area contributed by atoms with Crippen molar-refractivity contribution in [3.05, 3.63) is 23.0 Å². The summed E-state index contributed by atoms with van der Waals surface area (Å²) in [5, 5.41) is 8.82. The predicted octanol–water partition coefficient (Wildman–Crippen LogP) is 0.712. The van der Waals surface area contributed by atoms with E-state index in [1.807, 2.05) is 0 Å². The van der Waals surface area contributed by atoms with Gasteiger partial charge in [0.25, 0.3) is 0 Å². The molecule has 0 aromatic carbocycles. The van der Waals surface area contributed by atoms with Crippen molar-refractivity contribution < 1.29 is 24.2 Å². The Bertz CT molecular complexity index is 446. The number of carboxylic acids is 1. The highest BCUT2D eigenvalue weighted by Crippen LogP contribution is 2.14. The number of carboxylic acid groups (broad SMARTS) is 1. The summed E-state index contributed by atoms with van der Waals surface area (Å²) in [5.74, 6) is -1.91. The van der Waals surface area contributed by atoms with Crippen molar-refractivity contribution in [2.75, 3.05) is 6.61 Å². The Morgan fingerprint density at radius 1 is 1.56 bits per heavy atom. The molecule has 6 nitrogen and oxygen atoms in total. The Balaban J connectivity index is 3.27. The van der Waals surface area contributed by atoms with Crippen LogP contribution in [0, 0.1) is 0 Å². The minimum atomic E-state index is -1.26. The van der Waals surface area contributed by atoms with Crippen LogP contribution in [0.1, 0.15) is 38.3 Å². The topological polar surface area (TPSA) is 85.6 Å². The van der Waals surface area contributed by atoms with Crippen molar-refractivity contribution in [1.29, 1.82) is 0 Å². The number of hydrogen-bond acceptors (Lipinski definition) is 4. The van der Waals surface area contributed by atoms with Gasteiger partial charge < -0.3 is 14.4 Å². The van der Waals surface area contributed by atoms with E-state index in [1.165, 1.54) is 11.6 Å². The fraction of sp³-hybridized carbons (Fsp3) is 0.300. The summed E-state index contributed by atoms with van der Waals surface area (Å²) in [6.07, 6.45) is 0.395. The van der Waals surface area contributed by atoms with Crippen molar-refractivity contribution >= 4 is 18.2 Å². The molecule has 0 spiro atoms. The molecule has 0 saturated carbocycles. The van der Waals surface area contributed by atoms with Gasteiger partial charge in [-0.05, 0) is 13.0 Å². The van der Waals surface area contributed by atoms with Gasteiger partial charge in [-0.2, -0.15) is 0 Å². The third kappa shape index (κ3) is 1.95. The molecule has 1 heterocycles. The molecule has 6 heteroatoms. The van der Waals surface area contributed by atoms with Gasteiger partial charge in [0.1, 0.15) is 5.69 Å². The molecule has 1 aromatic rings. The molecule has 0 aliphatic heterocycles. The third-order valence-corrected chi connectivity index (χ3v) is 2.11. The lowest BCUT2D eigenvalue weighted by atomic mass is 10.2. The molecule has 0 radical (unpaired) electrons. The number of esters is 1. The molecule has 0 aliphatic carbocycles. The Kier molecular flexibility index (Phi) is 3.44. The molecule has 0 unspecified atom stereocenters. The van der Waals surface area contributed by atoms with Gasteiger partial charge in [0.05, 0.1) is 17.9 Å². The number of hydrogen-bond donors (Lipinski definition) is 1. The summed E-state index contributed by atoms with van der Waals surface area (Å²) < 4.78 is 5.94. The zero-order chi connectivity index (χ0) is 12.3. The third-order valence-electron chi connectivity index (χ3n) is 2.11. The second kappa shape index (κ2) is 4.61. The fourth-order valence-corrected chi connectivity index (χ4v) is 1.33. The largest absolute Gasteiger partial charge is 0.478 e. The first-order chi connectivity index (χ1) is 7.52. The SMILES string of the molecule is CCOC(=O)c1cc(C(=O)O)c(C=O)n1C. The van der Waals surface area contributed by atoms with Crippen molar-refractivity contribution in [3.8, 4) is 0 Å². The maximum Gasteiger partial charge on any atom is 0.354 e. The Morgan fingerprint density at radius 2 is 2.19 bits per heavy atom. The predicted molar refractivity (Wildman–Crippen MR) is 53.7 cm³/mol. The average Bonchev–Trinajstić information content (AvgIpc) is 2.55. The summed E-state index contributed by atoms with van der Waals surface area (Å²) in [6.45, 7) is 1.82. The molecule has 1 aromatic heterocycles. The number of nitrogens with zero attached hydrogens (tertiary/aromatic N) is 1. The van der Waals surface area contributed by atoms with Gasteiger partial charge in [0.15, 0.2) is 6.29 Å². The lowest BCUT2D eigenvalue weighted by Gasteiger charge is -2.03. The van der Waals surface area contributed by atoms with E-state index in [2.05, 4.69) is 0 Å². The first-order valence-corrected chi connectivity index (χ1v) is 4.58. The van der Waals surface area contributed by atoms with Gasteiger partial charge in [-0.3, -0.25) is 4.79 Å². The standard InChI is InChI=1S/C10H11NO5/c1-3-16-10(15)7-4-6(9(13)14)8(5-12)11(7)2/h4-5H,3H2,1-2H3,(H,13,14). The second-order valence-corrected chi connectivity index (χ2v) is 3.03. The van der Waals surface area contributed by atoms with E-state index in [1.54, 1.807) is 6.92 Å². The van der Waals surface area contributed by atoms with E-state index in [0.717, 1.165) is 6.07 Å². The van der Waals surface area contributed by atoms with Crippen LogP contribution in [0.3, 0.4) is 0 Å². The van der Waals surface area contributed by atoms with Gasteiger partial charge in [-0.15, -0.1) is 0 Å². The van der Waals surface area contributed by atoms with E-state index in [4.69, 9.17) is 9.84 Å². The van der Waals surface area contributed by atoms with E-state index in [-0.39, 0.29) is 23.6 Å². The molecule has 0 bridgehead atoms. The molecule has 0 fully saturated rings. The van der Waals surface area contributed by atoms with E-state index >= 15 is 0 Å². The van der Waals surface area contributed by atoms with Gasteiger partial charge in [0.2, 0.25) is 0 Å². The number of rotatable bonds is 4. The summed E-state index contributed by atoms with van der Waals surface area (Å²) >= 11 is 0. The number of aldehydes is 1. The lowest BCUT2D eigenvalue weighted by molar-refractivity contribution is 0.0515. The molecule has 86 valence electrons. The van der Waals surface area contributed by atoms with Crippen molar-refractivity contribution in [1.82, 2.24) is 4.57 Å². The number of carbonyl (C=O) groups excluding carboxylic acids is 2. The number of ether oxygens (including phenoxy) is 1. The van der Waals surface area contributed by atoms with Gasteiger partial charge in [-0.1, -0.05) is 0 Å². The highest BCUT2D eigenvalue weighted by Gasteiger charge is 2.21. The molecule has 0 aliphatic rings. The summed E-state index contributed by atoms with van der Waals surface area (Å²) in [7, 11) is 1.43. The average molecular weight is 225 g/mol. The monoisotopic (exact) mass is 225 g/mol. The lowest BCUT2D eigenvalue weighted by Crippen LogP contribution is -2.11. The Labute approximate surface area is 91.4 Å². The van der Waals surface area contributed by atoms with Crippen LogP contribution in [0.2, 0.25) is 0 Å². The summed E-state index contributed by atoms with van der Waals surface area (Å²) in [6, 6.07) is 1.13. The van der Waals surface area contributed by atoms with E-state index in [0.29, 0.717) is 6.29 Å². The first kappa shape index (κ1) is 12.0. The van der Waals surface area contributed by atoms with E-state index in [9.17, 15) is 14.4 Å². The number of aromatic carboxylic acids is 1. The highest BCUT2D eigenvalue weighted by atomic mass is 16.5. The fourth-order valence-electron chi connectivity index (χ4n) is 1.33. The Hall–Kier alpha value is -2.11. The van der Waals surface area contributed by atoms with Gasteiger partial charge in [0, 0.05) is 7.05 Å². The molecule has 1 N–H and O–H groups in total.